The fraction of sp³-hybridized carbons (Fsp3) is 0.640. The highest BCUT2D eigenvalue weighted by Gasteiger charge is 2.37. The average Bonchev–Trinajstić information content (AvgIpc) is 3.12. The van der Waals surface area contributed by atoms with E-state index in [0.717, 1.165) is 37.0 Å². The molecule has 0 atom stereocenters. The van der Waals surface area contributed by atoms with Gasteiger partial charge in [0.2, 0.25) is 5.91 Å². The molecular weight excluding hydrogens is 441 g/mol. The Labute approximate surface area is 196 Å². The zero-order valence-corrected chi connectivity index (χ0v) is 21.4. The summed E-state index contributed by atoms with van der Waals surface area (Å²) in [5.74, 6) is 5.85. The van der Waals surface area contributed by atoms with Gasteiger partial charge < -0.3 is 14.9 Å². The van der Waals surface area contributed by atoms with E-state index in [1.807, 2.05) is 20.8 Å². The Bertz CT molecular complexity index is 960. The van der Waals surface area contributed by atoms with E-state index in [9.17, 15) is 19.6 Å². The van der Waals surface area contributed by atoms with Gasteiger partial charge in [-0.05, 0) is 90.7 Å². The first-order valence-electron chi connectivity index (χ1n) is 11.5. The van der Waals surface area contributed by atoms with Crippen LogP contribution in [0.4, 0.5) is 5.69 Å². The van der Waals surface area contributed by atoms with Crippen LogP contribution in [0.1, 0.15) is 80.8 Å². The maximum absolute atomic E-state index is 13.8. The molecule has 1 aromatic rings. The molecule has 2 aliphatic rings. The molecular formula is C25H36NO4PS. The molecule has 0 unspecified atom stereocenters. The first-order valence-corrected chi connectivity index (χ1v) is 14.7. The Kier molecular flexibility index (Phi) is 7.65. The van der Waals surface area contributed by atoms with Crippen LogP contribution in [0.5, 0.6) is 0 Å². The maximum atomic E-state index is 13.8. The number of aromatic carboxylic acids is 1. The molecule has 1 saturated heterocycles. The van der Waals surface area contributed by atoms with Crippen LogP contribution in [0.3, 0.4) is 0 Å². The molecule has 3 rings (SSSR count). The van der Waals surface area contributed by atoms with Gasteiger partial charge in [0.25, 0.3) is 0 Å². The highest BCUT2D eigenvalue weighted by molar-refractivity contribution is 7.68. The lowest BCUT2D eigenvalue weighted by Crippen LogP contribution is -2.47. The standard InChI is InChI=1S/C25H36NO4PS/c1-17-6-8-18(9-7-17)23(27)26(19-11-14-31(5,30)15-12-19)21-16-20(10-13-25(2,3)4)32-22(21)24(28)29/h16-19,30H,5-9,11-12,14-15H2,1-4H3,(H,28,29)/t17-,18-,19?,31?. The number of carbonyl (C=O) groups excluding carboxylic acids is 1. The molecule has 2 N–H and O–H groups in total. The van der Waals surface area contributed by atoms with E-state index in [-0.39, 0.29) is 28.2 Å². The summed E-state index contributed by atoms with van der Waals surface area (Å²) >= 11 is 1.14. The minimum Gasteiger partial charge on any atom is -0.477 e. The fourth-order valence-electron chi connectivity index (χ4n) is 4.52. The second-order valence-electron chi connectivity index (χ2n) is 10.6. The third kappa shape index (κ3) is 6.28. The van der Waals surface area contributed by atoms with E-state index in [1.165, 1.54) is 0 Å². The normalized spacial score (nSPS) is 28.5. The van der Waals surface area contributed by atoms with Crippen LogP contribution >= 0.6 is 18.4 Å². The highest BCUT2D eigenvalue weighted by Crippen LogP contribution is 2.48. The summed E-state index contributed by atoms with van der Waals surface area (Å²) in [6, 6.07) is 1.68. The van der Waals surface area contributed by atoms with Crippen LogP contribution < -0.4 is 4.90 Å². The Morgan fingerprint density at radius 1 is 1.16 bits per heavy atom. The van der Waals surface area contributed by atoms with Crippen molar-refractivity contribution in [2.24, 2.45) is 17.3 Å². The highest BCUT2D eigenvalue weighted by atomic mass is 32.1. The first-order chi connectivity index (χ1) is 14.9. The number of amides is 1. The van der Waals surface area contributed by atoms with Gasteiger partial charge in [-0.1, -0.05) is 25.1 Å². The molecule has 32 heavy (non-hydrogen) atoms. The summed E-state index contributed by atoms with van der Waals surface area (Å²) in [6.07, 6.45) is 10.2. The summed E-state index contributed by atoms with van der Waals surface area (Å²) in [6.45, 7) is 8.26. The van der Waals surface area contributed by atoms with Crippen LogP contribution in [0, 0.1) is 29.1 Å². The molecule has 1 aliphatic carbocycles. The predicted octanol–water partition coefficient (Wildman–Crippen LogP) is 5.52. The van der Waals surface area contributed by atoms with Crippen molar-refractivity contribution in [2.75, 3.05) is 17.2 Å². The molecule has 5 nitrogen and oxygen atoms in total. The number of carbonyl (C=O) groups is 2. The van der Waals surface area contributed by atoms with E-state index < -0.39 is 13.1 Å². The SMILES string of the molecule is C=P1(O)CCC(N(c2cc(C#CC(C)(C)C)sc2C(=O)O)C(=O)[C@H]2CC[C@H](C)CC2)CC1. The quantitative estimate of drug-likeness (QED) is 0.442. The molecule has 0 spiro atoms. The van der Waals surface area contributed by atoms with Gasteiger partial charge in [-0.15, -0.1) is 11.3 Å². The molecule has 0 aromatic carbocycles. The van der Waals surface area contributed by atoms with Crippen molar-refractivity contribution in [3.05, 3.63) is 15.8 Å². The third-order valence-corrected chi connectivity index (χ3v) is 9.66. The number of anilines is 1. The van der Waals surface area contributed by atoms with Crippen molar-refractivity contribution in [3.8, 4) is 11.8 Å². The number of nitrogens with zero attached hydrogens (tertiary/aromatic N) is 1. The van der Waals surface area contributed by atoms with Crippen molar-refractivity contribution in [1.29, 1.82) is 0 Å². The van der Waals surface area contributed by atoms with Crippen molar-refractivity contribution in [1.82, 2.24) is 0 Å². The second-order valence-corrected chi connectivity index (χ2v) is 14.7. The molecule has 2 fully saturated rings. The largest absolute Gasteiger partial charge is 0.477 e. The molecule has 1 aromatic heterocycles. The van der Waals surface area contributed by atoms with E-state index in [0.29, 0.717) is 41.6 Å². The van der Waals surface area contributed by atoms with E-state index in [2.05, 4.69) is 25.1 Å². The Morgan fingerprint density at radius 2 is 1.75 bits per heavy atom. The number of hydrogen-bond acceptors (Lipinski definition) is 4. The lowest BCUT2D eigenvalue weighted by Gasteiger charge is -2.40. The number of carboxylic acid groups (broad SMARTS) is 1. The predicted molar refractivity (Wildman–Crippen MR) is 135 cm³/mol. The Balaban J connectivity index is 2.01. The zero-order chi connectivity index (χ0) is 23.7. The summed E-state index contributed by atoms with van der Waals surface area (Å²) in [5, 5.41) is 9.94. The monoisotopic (exact) mass is 477 g/mol. The number of carboxylic acids is 1. The average molecular weight is 478 g/mol. The summed E-state index contributed by atoms with van der Waals surface area (Å²) in [5.41, 5.74) is 0.273. The van der Waals surface area contributed by atoms with Gasteiger partial charge in [0.15, 0.2) is 0 Å². The number of thiophene rings is 1. The lowest BCUT2D eigenvalue weighted by atomic mass is 9.82. The number of rotatable bonds is 4. The van der Waals surface area contributed by atoms with Crippen molar-refractivity contribution < 1.29 is 19.6 Å². The topological polar surface area (TPSA) is 77.8 Å². The van der Waals surface area contributed by atoms with Crippen LogP contribution in [0.15, 0.2) is 6.07 Å². The maximum Gasteiger partial charge on any atom is 0.348 e. The molecule has 0 radical (unpaired) electrons. The van der Waals surface area contributed by atoms with E-state index in [1.54, 1.807) is 11.0 Å². The lowest BCUT2D eigenvalue weighted by molar-refractivity contribution is -0.124. The van der Waals surface area contributed by atoms with Crippen molar-refractivity contribution in [2.45, 2.75) is 72.3 Å². The van der Waals surface area contributed by atoms with E-state index in [4.69, 9.17) is 0 Å². The number of hydrogen-bond donors (Lipinski definition) is 2. The Morgan fingerprint density at radius 3 is 2.28 bits per heavy atom. The molecule has 1 aliphatic heterocycles. The molecule has 2 heterocycles. The van der Waals surface area contributed by atoms with Gasteiger partial charge in [0.05, 0.1) is 10.6 Å². The first kappa shape index (κ1) is 25.1. The summed E-state index contributed by atoms with van der Waals surface area (Å²) in [4.78, 5) is 39.0. The van der Waals surface area contributed by atoms with Crippen molar-refractivity contribution >= 4 is 42.3 Å². The zero-order valence-electron chi connectivity index (χ0n) is 19.7. The second kappa shape index (κ2) is 9.75. The van der Waals surface area contributed by atoms with E-state index >= 15 is 0 Å². The van der Waals surface area contributed by atoms with Gasteiger partial charge in [0, 0.05) is 17.4 Å². The van der Waals surface area contributed by atoms with Gasteiger partial charge in [0.1, 0.15) is 4.88 Å². The summed E-state index contributed by atoms with van der Waals surface area (Å²) in [7, 11) is -2.15. The van der Waals surface area contributed by atoms with Crippen LogP contribution in [-0.4, -0.2) is 46.5 Å². The van der Waals surface area contributed by atoms with Gasteiger partial charge >= 0.3 is 5.97 Å². The van der Waals surface area contributed by atoms with Crippen LogP contribution in [0.2, 0.25) is 0 Å². The summed E-state index contributed by atoms with van der Waals surface area (Å²) < 4.78 is 0. The molecule has 0 bridgehead atoms. The minimum absolute atomic E-state index is 0.0327. The van der Waals surface area contributed by atoms with Crippen molar-refractivity contribution in [3.63, 3.8) is 0 Å². The van der Waals surface area contributed by atoms with Gasteiger partial charge in [-0.3, -0.25) is 4.79 Å². The Hall–Kier alpha value is -1.54. The fourth-order valence-corrected chi connectivity index (χ4v) is 7.14. The smallest absolute Gasteiger partial charge is 0.348 e. The van der Waals surface area contributed by atoms with Crippen LogP contribution in [-0.2, 0) is 4.79 Å². The molecule has 1 amide bonds. The molecule has 176 valence electrons. The molecule has 1 saturated carbocycles. The molecule has 7 heteroatoms. The van der Waals surface area contributed by atoms with Gasteiger partial charge in [-0.2, -0.15) is 0 Å². The van der Waals surface area contributed by atoms with Crippen LogP contribution in [0.25, 0.3) is 0 Å². The van der Waals surface area contributed by atoms with Gasteiger partial charge in [-0.25, -0.2) is 4.79 Å². The minimum atomic E-state index is -2.15. The third-order valence-electron chi connectivity index (χ3n) is 6.45.